The van der Waals surface area contributed by atoms with E-state index in [4.69, 9.17) is 15.3 Å². The fraction of sp³-hybridized carbons (Fsp3) is 0.500. The van der Waals surface area contributed by atoms with Gasteiger partial charge in [0.1, 0.15) is 11.5 Å². The SMILES string of the molecule is CC(C)(C)c1ccccc1O.CC(C)(C)c1ccccc1O.CCCC(=O)O.OCCO. The molecule has 0 aromatic heterocycles. The molecule has 0 aliphatic carbocycles. The number of carboxylic acids is 1. The Labute approximate surface area is 193 Å². The first-order valence-electron chi connectivity index (χ1n) is 10.7. The first kappa shape index (κ1) is 31.6. The first-order chi connectivity index (χ1) is 14.7. The van der Waals surface area contributed by atoms with E-state index in [1.807, 2.05) is 43.3 Å². The fourth-order valence-corrected chi connectivity index (χ4v) is 2.43. The van der Waals surface area contributed by atoms with E-state index in [9.17, 15) is 15.0 Å². The van der Waals surface area contributed by atoms with Crippen LogP contribution in [0.15, 0.2) is 48.5 Å². The Morgan fingerprint density at radius 3 is 1.16 bits per heavy atom. The van der Waals surface area contributed by atoms with Crippen LogP contribution in [0, 0.1) is 0 Å². The predicted molar refractivity (Wildman–Crippen MR) is 130 cm³/mol. The molecule has 0 bridgehead atoms. The van der Waals surface area contributed by atoms with E-state index < -0.39 is 5.97 Å². The van der Waals surface area contributed by atoms with Crippen LogP contribution < -0.4 is 0 Å². The third kappa shape index (κ3) is 15.3. The van der Waals surface area contributed by atoms with Gasteiger partial charge in [-0.25, -0.2) is 0 Å². The molecule has 5 N–H and O–H groups in total. The van der Waals surface area contributed by atoms with Gasteiger partial charge in [-0.05, 0) is 40.5 Å². The van der Waals surface area contributed by atoms with Crippen molar-refractivity contribution in [1.82, 2.24) is 0 Å². The average Bonchev–Trinajstić information content (AvgIpc) is 2.68. The van der Waals surface area contributed by atoms with Crippen LogP contribution in [0.5, 0.6) is 11.5 Å². The number of aliphatic hydroxyl groups is 2. The normalized spacial score (nSPS) is 10.4. The van der Waals surface area contributed by atoms with Gasteiger partial charge in [0, 0.05) is 6.42 Å². The molecule has 2 aromatic carbocycles. The zero-order valence-corrected chi connectivity index (χ0v) is 20.6. The van der Waals surface area contributed by atoms with Crippen molar-refractivity contribution in [3.63, 3.8) is 0 Å². The Morgan fingerprint density at radius 2 is 1.03 bits per heavy atom. The molecule has 6 nitrogen and oxygen atoms in total. The van der Waals surface area contributed by atoms with Crippen LogP contribution in [-0.4, -0.2) is 44.7 Å². The molecular weight excluding hydrogens is 408 g/mol. The largest absolute Gasteiger partial charge is 0.508 e. The molecule has 6 heteroatoms. The van der Waals surface area contributed by atoms with Crippen LogP contribution in [0.1, 0.15) is 72.4 Å². The van der Waals surface area contributed by atoms with Gasteiger partial charge in [-0.15, -0.1) is 0 Å². The number of rotatable bonds is 3. The van der Waals surface area contributed by atoms with Crippen LogP contribution >= 0.6 is 0 Å². The number of phenolic OH excluding ortho intramolecular Hbond substituents is 2. The highest BCUT2D eigenvalue weighted by Crippen LogP contribution is 2.30. The molecular formula is C26H42O6. The van der Waals surface area contributed by atoms with Crippen molar-refractivity contribution in [2.24, 2.45) is 0 Å². The number of aromatic hydroxyl groups is 2. The molecule has 0 saturated heterocycles. The number of aliphatic hydroxyl groups excluding tert-OH is 2. The molecule has 182 valence electrons. The number of aliphatic carboxylic acids is 1. The van der Waals surface area contributed by atoms with Crippen molar-refractivity contribution in [2.75, 3.05) is 13.2 Å². The summed E-state index contributed by atoms with van der Waals surface area (Å²) in [6.45, 7) is 14.1. The molecule has 2 aromatic rings. The summed E-state index contributed by atoms with van der Waals surface area (Å²) in [5, 5.41) is 42.1. The lowest BCUT2D eigenvalue weighted by Gasteiger charge is -2.19. The molecule has 0 saturated carbocycles. The highest BCUT2D eigenvalue weighted by molar-refractivity contribution is 5.66. The lowest BCUT2D eigenvalue weighted by molar-refractivity contribution is -0.137. The third-order valence-corrected chi connectivity index (χ3v) is 3.99. The van der Waals surface area contributed by atoms with Crippen molar-refractivity contribution < 1.29 is 30.3 Å². The summed E-state index contributed by atoms with van der Waals surface area (Å²) in [5.74, 6) is 0.0671. The Hall–Kier alpha value is -2.57. The summed E-state index contributed by atoms with van der Waals surface area (Å²) < 4.78 is 0. The molecule has 0 amide bonds. The highest BCUT2D eigenvalue weighted by Gasteiger charge is 2.17. The summed E-state index contributed by atoms with van der Waals surface area (Å²) in [4.78, 5) is 9.60. The summed E-state index contributed by atoms with van der Waals surface area (Å²) in [6, 6.07) is 14.9. The van der Waals surface area contributed by atoms with E-state index in [-0.39, 0.29) is 24.0 Å². The number of benzene rings is 2. The Balaban J connectivity index is 0. The van der Waals surface area contributed by atoms with Crippen molar-refractivity contribution in [3.05, 3.63) is 59.7 Å². The van der Waals surface area contributed by atoms with E-state index >= 15 is 0 Å². The van der Waals surface area contributed by atoms with Crippen molar-refractivity contribution >= 4 is 5.97 Å². The zero-order chi connectivity index (χ0) is 25.4. The molecule has 0 spiro atoms. The maximum absolute atomic E-state index is 9.60. The van der Waals surface area contributed by atoms with Gasteiger partial charge in [-0.1, -0.05) is 84.9 Å². The van der Waals surface area contributed by atoms with Gasteiger partial charge in [-0.2, -0.15) is 0 Å². The number of carbonyl (C=O) groups is 1. The molecule has 0 radical (unpaired) electrons. The molecule has 0 aliphatic rings. The summed E-state index contributed by atoms with van der Waals surface area (Å²) in [6.07, 6.45) is 1.02. The van der Waals surface area contributed by atoms with Crippen LogP contribution in [0.2, 0.25) is 0 Å². The Morgan fingerprint density at radius 1 is 0.719 bits per heavy atom. The summed E-state index contributed by atoms with van der Waals surface area (Å²) >= 11 is 0. The maximum Gasteiger partial charge on any atom is 0.303 e. The second-order valence-corrected chi connectivity index (χ2v) is 9.13. The first-order valence-corrected chi connectivity index (χ1v) is 10.7. The average molecular weight is 451 g/mol. The quantitative estimate of drug-likeness (QED) is 0.437. The van der Waals surface area contributed by atoms with E-state index in [0.717, 1.165) is 17.5 Å². The molecule has 0 heterocycles. The van der Waals surface area contributed by atoms with Crippen LogP contribution in [0.4, 0.5) is 0 Å². The monoisotopic (exact) mass is 450 g/mol. The smallest absolute Gasteiger partial charge is 0.303 e. The second-order valence-electron chi connectivity index (χ2n) is 9.13. The van der Waals surface area contributed by atoms with Crippen LogP contribution in [-0.2, 0) is 15.6 Å². The standard InChI is InChI=1S/2C10H14O.C4H8O2.C2H6O2/c2*1-10(2,3)8-6-4-5-7-9(8)11;1-2-3-4(5)6;3-1-2-4/h2*4-7,11H,1-3H3;2-3H2,1H3,(H,5,6);3-4H,1-2H2. The maximum atomic E-state index is 9.60. The second kappa shape index (κ2) is 16.1. The Kier molecular flexibility index (Phi) is 15.9. The zero-order valence-electron chi connectivity index (χ0n) is 20.6. The van der Waals surface area contributed by atoms with E-state index in [1.165, 1.54) is 0 Å². The van der Waals surface area contributed by atoms with Crippen LogP contribution in [0.25, 0.3) is 0 Å². The van der Waals surface area contributed by atoms with Crippen LogP contribution in [0.3, 0.4) is 0 Å². The fourth-order valence-electron chi connectivity index (χ4n) is 2.43. The predicted octanol–water partition coefficient (Wildman–Crippen LogP) is 5.22. The summed E-state index contributed by atoms with van der Waals surface area (Å²) in [7, 11) is 0. The van der Waals surface area contributed by atoms with E-state index in [0.29, 0.717) is 17.9 Å². The number of phenols is 2. The molecule has 2 rings (SSSR count). The molecule has 0 aliphatic heterocycles. The molecule has 0 atom stereocenters. The highest BCUT2D eigenvalue weighted by atomic mass is 16.4. The van der Waals surface area contributed by atoms with E-state index in [1.54, 1.807) is 12.1 Å². The minimum absolute atomic E-state index is 0.0331. The third-order valence-electron chi connectivity index (χ3n) is 3.99. The number of hydrogen-bond acceptors (Lipinski definition) is 5. The molecule has 32 heavy (non-hydrogen) atoms. The van der Waals surface area contributed by atoms with Gasteiger partial charge in [-0.3, -0.25) is 4.79 Å². The lowest BCUT2D eigenvalue weighted by Crippen LogP contribution is -2.10. The van der Waals surface area contributed by atoms with Gasteiger partial charge in [0.05, 0.1) is 13.2 Å². The minimum Gasteiger partial charge on any atom is -0.508 e. The van der Waals surface area contributed by atoms with Crippen molar-refractivity contribution in [3.8, 4) is 11.5 Å². The van der Waals surface area contributed by atoms with Gasteiger partial charge in [0.2, 0.25) is 0 Å². The lowest BCUT2D eigenvalue weighted by atomic mass is 9.86. The van der Waals surface area contributed by atoms with Crippen molar-refractivity contribution in [1.29, 1.82) is 0 Å². The Bertz CT molecular complexity index is 700. The minimum atomic E-state index is -0.711. The van der Waals surface area contributed by atoms with Gasteiger partial charge < -0.3 is 25.5 Å². The molecule has 0 fully saturated rings. The van der Waals surface area contributed by atoms with Gasteiger partial charge in [0.15, 0.2) is 0 Å². The summed E-state index contributed by atoms with van der Waals surface area (Å²) in [5.41, 5.74) is 2.07. The van der Waals surface area contributed by atoms with Crippen molar-refractivity contribution in [2.45, 2.75) is 72.1 Å². The topological polar surface area (TPSA) is 118 Å². The number of hydrogen-bond donors (Lipinski definition) is 5. The van der Waals surface area contributed by atoms with Gasteiger partial charge >= 0.3 is 5.97 Å². The number of para-hydroxylation sites is 2. The van der Waals surface area contributed by atoms with Gasteiger partial charge in [0.25, 0.3) is 0 Å². The number of carboxylic acid groups (broad SMARTS) is 1. The van der Waals surface area contributed by atoms with E-state index in [2.05, 4.69) is 41.5 Å². The molecule has 0 unspecified atom stereocenters.